The van der Waals surface area contributed by atoms with Gasteiger partial charge in [-0.1, -0.05) is 31.2 Å². The molecule has 3 N–H and O–H groups in total. The highest BCUT2D eigenvalue weighted by atomic mass is 19.1. The highest BCUT2D eigenvalue weighted by Crippen LogP contribution is 2.38. The summed E-state index contributed by atoms with van der Waals surface area (Å²) in [5.41, 5.74) is 10.1. The average Bonchev–Trinajstić information content (AvgIpc) is 2.79. The Morgan fingerprint density at radius 1 is 1.00 bits per heavy atom. The van der Waals surface area contributed by atoms with Gasteiger partial charge in [0.15, 0.2) is 0 Å². The second-order valence-corrected chi connectivity index (χ2v) is 7.07. The Balaban J connectivity index is 1.82. The standard InChI is InChI=1S/C24H22FN5O/c1-15(16-3-7-18(25)8-4-16)23-20(17-5-9-19(31-2)10-6-17)13-21(30-24(23)26)29-22-14-27-11-12-28-22/h3-15H,1-2H3,(H3,26,28,29,30). The summed E-state index contributed by atoms with van der Waals surface area (Å²) in [7, 11) is 1.63. The number of benzene rings is 2. The summed E-state index contributed by atoms with van der Waals surface area (Å²) in [6, 6.07) is 16.1. The number of nitrogens with zero attached hydrogens (tertiary/aromatic N) is 3. The number of aromatic nitrogens is 3. The summed E-state index contributed by atoms with van der Waals surface area (Å²) in [5, 5.41) is 3.15. The molecule has 0 saturated carbocycles. The maximum atomic E-state index is 13.4. The predicted octanol–water partition coefficient (Wildman–Crippen LogP) is 5.16. The van der Waals surface area contributed by atoms with Crippen molar-refractivity contribution in [3.05, 3.63) is 90.1 Å². The molecule has 4 aromatic rings. The first-order valence-electron chi connectivity index (χ1n) is 9.78. The molecule has 0 spiro atoms. The molecule has 1 atom stereocenters. The van der Waals surface area contributed by atoms with E-state index in [9.17, 15) is 4.39 Å². The zero-order valence-corrected chi connectivity index (χ0v) is 17.2. The van der Waals surface area contributed by atoms with Crippen molar-refractivity contribution in [1.82, 2.24) is 15.0 Å². The van der Waals surface area contributed by atoms with Crippen LogP contribution >= 0.6 is 0 Å². The minimum atomic E-state index is -0.277. The molecule has 0 aliphatic rings. The molecule has 7 heteroatoms. The molecule has 2 aromatic heterocycles. The van der Waals surface area contributed by atoms with Crippen LogP contribution in [-0.2, 0) is 0 Å². The highest BCUT2D eigenvalue weighted by molar-refractivity contribution is 5.77. The molecule has 1 unspecified atom stereocenters. The van der Waals surface area contributed by atoms with Crippen LogP contribution in [0.5, 0.6) is 5.75 Å². The summed E-state index contributed by atoms with van der Waals surface area (Å²) in [4.78, 5) is 12.9. The van der Waals surface area contributed by atoms with Gasteiger partial charge in [0.05, 0.1) is 13.3 Å². The van der Waals surface area contributed by atoms with Gasteiger partial charge in [0.2, 0.25) is 0 Å². The third-order valence-electron chi connectivity index (χ3n) is 5.11. The van der Waals surface area contributed by atoms with Crippen molar-refractivity contribution in [2.75, 3.05) is 18.2 Å². The van der Waals surface area contributed by atoms with Gasteiger partial charge in [0.25, 0.3) is 0 Å². The van der Waals surface area contributed by atoms with Gasteiger partial charge in [0, 0.05) is 23.9 Å². The first-order chi connectivity index (χ1) is 15.0. The third kappa shape index (κ3) is 4.45. The molecule has 4 rings (SSSR count). The van der Waals surface area contributed by atoms with Gasteiger partial charge in [-0.25, -0.2) is 14.4 Å². The smallest absolute Gasteiger partial charge is 0.150 e. The maximum Gasteiger partial charge on any atom is 0.150 e. The average molecular weight is 415 g/mol. The molecule has 2 heterocycles. The van der Waals surface area contributed by atoms with Crippen LogP contribution in [0.25, 0.3) is 11.1 Å². The number of hydrogen-bond acceptors (Lipinski definition) is 6. The predicted molar refractivity (Wildman–Crippen MR) is 120 cm³/mol. The van der Waals surface area contributed by atoms with Crippen molar-refractivity contribution in [3.63, 3.8) is 0 Å². The summed E-state index contributed by atoms with van der Waals surface area (Å²) < 4.78 is 18.7. The number of rotatable bonds is 6. The van der Waals surface area contributed by atoms with Crippen molar-refractivity contribution in [2.45, 2.75) is 12.8 Å². The SMILES string of the molecule is COc1ccc(-c2cc(Nc3cnccn3)nc(N)c2C(C)c2ccc(F)cc2)cc1. The molecule has 0 radical (unpaired) electrons. The molecule has 2 aromatic carbocycles. The van der Waals surface area contributed by atoms with Crippen molar-refractivity contribution < 1.29 is 9.13 Å². The van der Waals surface area contributed by atoms with Crippen LogP contribution < -0.4 is 15.8 Å². The number of nitrogens with one attached hydrogen (secondary N) is 1. The lowest BCUT2D eigenvalue weighted by molar-refractivity contribution is 0.415. The second-order valence-electron chi connectivity index (χ2n) is 7.07. The van der Waals surface area contributed by atoms with Gasteiger partial charge < -0.3 is 15.8 Å². The Bertz CT molecular complexity index is 1170. The number of methoxy groups -OCH3 is 1. The molecule has 0 amide bonds. The summed E-state index contributed by atoms with van der Waals surface area (Å²) in [6.07, 6.45) is 4.81. The molecular formula is C24H22FN5O. The van der Waals surface area contributed by atoms with Gasteiger partial charge in [-0.3, -0.25) is 4.98 Å². The van der Waals surface area contributed by atoms with E-state index in [0.29, 0.717) is 17.5 Å². The number of pyridine rings is 1. The van der Waals surface area contributed by atoms with E-state index in [0.717, 1.165) is 28.0 Å². The number of ether oxygens (including phenoxy) is 1. The second kappa shape index (κ2) is 8.79. The van der Waals surface area contributed by atoms with Crippen LogP contribution in [0, 0.1) is 5.82 Å². The fraction of sp³-hybridized carbons (Fsp3) is 0.125. The van der Waals surface area contributed by atoms with Gasteiger partial charge in [-0.2, -0.15) is 0 Å². The molecular weight excluding hydrogens is 393 g/mol. The van der Waals surface area contributed by atoms with Gasteiger partial charge >= 0.3 is 0 Å². The topological polar surface area (TPSA) is 86.0 Å². The Hall–Kier alpha value is -4.00. The lowest BCUT2D eigenvalue weighted by atomic mass is 9.87. The quantitative estimate of drug-likeness (QED) is 0.452. The molecule has 0 fully saturated rings. The van der Waals surface area contributed by atoms with E-state index < -0.39 is 0 Å². The number of hydrogen-bond donors (Lipinski definition) is 2. The fourth-order valence-electron chi connectivity index (χ4n) is 3.52. The van der Waals surface area contributed by atoms with E-state index >= 15 is 0 Å². The van der Waals surface area contributed by atoms with Gasteiger partial charge in [0.1, 0.15) is 29.0 Å². The van der Waals surface area contributed by atoms with E-state index in [1.807, 2.05) is 37.3 Å². The number of nitrogen functional groups attached to an aromatic ring is 1. The summed E-state index contributed by atoms with van der Waals surface area (Å²) in [6.45, 7) is 2.03. The van der Waals surface area contributed by atoms with Gasteiger partial charge in [-0.15, -0.1) is 0 Å². The summed E-state index contributed by atoms with van der Waals surface area (Å²) >= 11 is 0. The van der Waals surface area contributed by atoms with Crippen molar-refractivity contribution in [2.24, 2.45) is 0 Å². The van der Waals surface area contributed by atoms with Crippen molar-refractivity contribution in [3.8, 4) is 16.9 Å². The molecule has 31 heavy (non-hydrogen) atoms. The van der Waals surface area contributed by atoms with Crippen LogP contribution in [0.4, 0.5) is 21.8 Å². The van der Waals surface area contributed by atoms with Crippen LogP contribution in [0.1, 0.15) is 24.0 Å². The Morgan fingerprint density at radius 3 is 2.39 bits per heavy atom. The first-order valence-corrected chi connectivity index (χ1v) is 9.78. The molecule has 6 nitrogen and oxygen atoms in total. The molecule has 0 saturated heterocycles. The monoisotopic (exact) mass is 415 g/mol. The van der Waals surface area contributed by atoms with E-state index in [2.05, 4.69) is 20.3 Å². The number of halogens is 1. The van der Waals surface area contributed by atoms with E-state index in [1.54, 1.807) is 37.8 Å². The molecule has 156 valence electrons. The van der Waals surface area contributed by atoms with Crippen LogP contribution in [0.15, 0.2) is 73.2 Å². The van der Waals surface area contributed by atoms with Crippen LogP contribution in [-0.4, -0.2) is 22.1 Å². The van der Waals surface area contributed by atoms with Gasteiger partial charge in [-0.05, 0) is 47.0 Å². The van der Waals surface area contributed by atoms with E-state index in [1.165, 1.54) is 12.1 Å². The largest absolute Gasteiger partial charge is 0.497 e. The number of nitrogens with two attached hydrogens (primary N) is 1. The Kier molecular flexibility index (Phi) is 5.75. The Morgan fingerprint density at radius 2 is 1.74 bits per heavy atom. The number of anilines is 3. The zero-order chi connectivity index (χ0) is 21.8. The zero-order valence-electron chi connectivity index (χ0n) is 17.2. The lowest BCUT2D eigenvalue weighted by Gasteiger charge is -2.21. The minimum Gasteiger partial charge on any atom is -0.497 e. The van der Waals surface area contributed by atoms with Crippen LogP contribution in [0.3, 0.4) is 0 Å². The molecule has 0 aliphatic heterocycles. The van der Waals surface area contributed by atoms with Crippen molar-refractivity contribution >= 4 is 17.5 Å². The minimum absolute atomic E-state index is 0.101. The van der Waals surface area contributed by atoms with Crippen LogP contribution in [0.2, 0.25) is 0 Å². The molecule has 0 aliphatic carbocycles. The van der Waals surface area contributed by atoms with Crippen molar-refractivity contribution in [1.29, 1.82) is 0 Å². The highest BCUT2D eigenvalue weighted by Gasteiger charge is 2.20. The van der Waals surface area contributed by atoms with E-state index in [4.69, 9.17) is 10.5 Å². The molecule has 0 bridgehead atoms. The Labute approximate surface area is 180 Å². The summed E-state index contributed by atoms with van der Waals surface area (Å²) in [5.74, 6) is 1.89. The lowest BCUT2D eigenvalue weighted by Crippen LogP contribution is -2.08. The normalized spacial score (nSPS) is 11.7. The third-order valence-corrected chi connectivity index (χ3v) is 5.11. The van der Waals surface area contributed by atoms with E-state index in [-0.39, 0.29) is 11.7 Å². The fourth-order valence-corrected chi connectivity index (χ4v) is 3.52. The maximum absolute atomic E-state index is 13.4. The first kappa shape index (κ1) is 20.3.